The number of nitrogens with zero attached hydrogens (tertiary/aromatic N) is 1. The SMILES string of the molecule is COc1cc2cc(C(C)C)c(NN)nc2cc1Cl. The molecule has 0 bridgehead atoms. The van der Waals surface area contributed by atoms with Crippen LogP contribution >= 0.6 is 11.6 Å². The van der Waals surface area contributed by atoms with E-state index in [1.807, 2.05) is 6.07 Å². The Morgan fingerprint density at radius 2 is 2.06 bits per heavy atom. The maximum absolute atomic E-state index is 6.08. The van der Waals surface area contributed by atoms with Crippen LogP contribution in [-0.2, 0) is 0 Å². The second-order valence-corrected chi connectivity index (χ2v) is 4.81. The summed E-state index contributed by atoms with van der Waals surface area (Å²) in [6.07, 6.45) is 0. The molecular formula is C13H16ClN3O. The molecule has 2 aromatic rings. The number of methoxy groups -OCH3 is 1. The van der Waals surface area contributed by atoms with Gasteiger partial charge in [0, 0.05) is 5.39 Å². The molecule has 18 heavy (non-hydrogen) atoms. The molecule has 5 heteroatoms. The number of pyridine rings is 1. The van der Waals surface area contributed by atoms with Crippen LogP contribution in [0.1, 0.15) is 25.3 Å². The summed E-state index contributed by atoms with van der Waals surface area (Å²) in [5, 5.41) is 1.52. The fourth-order valence-electron chi connectivity index (χ4n) is 1.90. The monoisotopic (exact) mass is 265 g/mol. The molecular weight excluding hydrogens is 250 g/mol. The van der Waals surface area contributed by atoms with E-state index < -0.39 is 0 Å². The number of nitrogen functional groups attached to an aromatic ring is 1. The molecule has 0 saturated carbocycles. The predicted octanol–water partition coefficient (Wildman–Crippen LogP) is 3.31. The molecule has 4 nitrogen and oxygen atoms in total. The highest BCUT2D eigenvalue weighted by atomic mass is 35.5. The summed E-state index contributed by atoms with van der Waals surface area (Å²) in [5.74, 6) is 7.16. The Balaban J connectivity index is 2.71. The standard InChI is InChI=1S/C13H16ClN3O/c1-7(2)9-4-8-5-12(18-3)10(14)6-11(8)16-13(9)17-15/h4-7H,15H2,1-3H3,(H,16,17). The molecule has 0 unspecified atom stereocenters. The summed E-state index contributed by atoms with van der Waals surface area (Å²) >= 11 is 6.08. The zero-order valence-corrected chi connectivity index (χ0v) is 11.4. The van der Waals surface area contributed by atoms with Gasteiger partial charge in [-0.2, -0.15) is 0 Å². The molecule has 0 spiro atoms. The van der Waals surface area contributed by atoms with Crippen molar-refractivity contribution in [2.24, 2.45) is 5.84 Å². The number of ether oxygens (including phenoxy) is 1. The summed E-state index contributed by atoms with van der Waals surface area (Å²) in [6.45, 7) is 4.19. The molecule has 0 aliphatic carbocycles. The van der Waals surface area contributed by atoms with Crippen molar-refractivity contribution < 1.29 is 4.74 Å². The lowest BCUT2D eigenvalue weighted by atomic mass is 10.0. The zero-order valence-electron chi connectivity index (χ0n) is 10.6. The van der Waals surface area contributed by atoms with Gasteiger partial charge in [0.25, 0.3) is 0 Å². The summed E-state index contributed by atoms with van der Waals surface area (Å²) < 4.78 is 5.21. The Bertz CT molecular complexity index is 584. The van der Waals surface area contributed by atoms with E-state index in [0.717, 1.165) is 16.5 Å². The van der Waals surface area contributed by atoms with Gasteiger partial charge in [-0.1, -0.05) is 25.4 Å². The number of hydrogen-bond acceptors (Lipinski definition) is 4. The van der Waals surface area contributed by atoms with Crippen LogP contribution in [0.4, 0.5) is 5.82 Å². The molecule has 1 aromatic carbocycles. The van der Waals surface area contributed by atoms with Gasteiger partial charge in [0.15, 0.2) is 0 Å². The van der Waals surface area contributed by atoms with E-state index in [2.05, 4.69) is 30.3 Å². The van der Waals surface area contributed by atoms with Crippen molar-refractivity contribution in [2.75, 3.05) is 12.5 Å². The van der Waals surface area contributed by atoms with Gasteiger partial charge >= 0.3 is 0 Å². The molecule has 0 atom stereocenters. The number of hydrazine groups is 1. The quantitative estimate of drug-likeness (QED) is 0.660. The zero-order chi connectivity index (χ0) is 13.3. The smallest absolute Gasteiger partial charge is 0.144 e. The lowest BCUT2D eigenvalue weighted by Crippen LogP contribution is -2.12. The summed E-state index contributed by atoms with van der Waals surface area (Å²) in [7, 11) is 1.60. The van der Waals surface area contributed by atoms with E-state index in [-0.39, 0.29) is 0 Å². The molecule has 0 saturated heterocycles. The summed E-state index contributed by atoms with van der Waals surface area (Å²) in [4.78, 5) is 4.48. The van der Waals surface area contributed by atoms with Gasteiger partial charge in [-0.3, -0.25) is 0 Å². The van der Waals surface area contributed by atoms with Crippen molar-refractivity contribution in [3.63, 3.8) is 0 Å². The van der Waals surface area contributed by atoms with Gasteiger partial charge in [0.05, 0.1) is 17.6 Å². The molecule has 2 rings (SSSR count). The first-order valence-corrected chi connectivity index (χ1v) is 6.09. The van der Waals surface area contributed by atoms with Gasteiger partial charge in [0.2, 0.25) is 0 Å². The molecule has 96 valence electrons. The molecule has 0 aliphatic heterocycles. The first kappa shape index (κ1) is 12.9. The lowest BCUT2D eigenvalue weighted by Gasteiger charge is -2.13. The molecule has 0 amide bonds. The van der Waals surface area contributed by atoms with Crippen LogP contribution in [-0.4, -0.2) is 12.1 Å². The lowest BCUT2D eigenvalue weighted by molar-refractivity contribution is 0.415. The van der Waals surface area contributed by atoms with Crippen molar-refractivity contribution in [3.8, 4) is 5.75 Å². The van der Waals surface area contributed by atoms with Gasteiger partial charge in [-0.15, -0.1) is 0 Å². The van der Waals surface area contributed by atoms with E-state index in [1.54, 1.807) is 13.2 Å². The Morgan fingerprint density at radius 3 is 2.61 bits per heavy atom. The molecule has 0 fully saturated rings. The highest BCUT2D eigenvalue weighted by Crippen LogP contribution is 2.32. The second kappa shape index (κ2) is 5.00. The minimum atomic E-state index is 0.328. The first-order valence-electron chi connectivity index (χ1n) is 5.71. The van der Waals surface area contributed by atoms with Crippen molar-refractivity contribution >= 4 is 28.3 Å². The maximum Gasteiger partial charge on any atom is 0.144 e. The average molecular weight is 266 g/mol. The van der Waals surface area contributed by atoms with Crippen LogP contribution in [0.25, 0.3) is 10.9 Å². The topological polar surface area (TPSA) is 60.2 Å². The van der Waals surface area contributed by atoms with E-state index in [9.17, 15) is 0 Å². The number of nitrogens with one attached hydrogen (secondary N) is 1. The number of hydrogen-bond donors (Lipinski definition) is 2. The van der Waals surface area contributed by atoms with Crippen LogP contribution in [0.2, 0.25) is 5.02 Å². The Kier molecular flexibility index (Phi) is 3.59. The molecule has 0 radical (unpaired) electrons. The molecule has 1 heterocycles. The van der Waals surface area contributed by atoms with Gasteiger partial charge in [-0.05, 0) is 29.7 Å². The average Bonchev–Trinajstić information content (AvgIpc) is 2.36. The van der Waals surface area contributed by atoms with E-state index in [0.29, 0.717) is 22.5 Å². The van der Waals surface area contributed by atoms with Gasteiger partial charge in [-0.25, -0.2) is 10.8 Å². The number of benzene rings is 1. The van der Waals surface area contributed by atoms with E-state index >= 15 is 0 Å². The highest BCUT2D eigenvalue weighted by molar-refractivity contribution is 6.32. The fourth-order valence-corrected chi connectivity index (χ4v) is 2.14. The molecule has 0 aliphatic rings. The van der Waals surface area contributed by atoms with Gasteiger partial charge < -0.3 is 10.2 Å². The van der Waals surface area contributed by atoms with Crippen LogP contribution < -0.4 is 16.0 Å². The Morgan fingerprint density at radius 1 is 1.33 bits per heavy atom. The molecule has 1 aromatic heterocycles. The normalized spacial score (nSPS) is 11.0. The number of nitrogens with two attached hydrogens (primary N) is 1. The van der Waals surface area contributed by atoms with E-state index in [4.69, 9.17) is 22.2 Å². The minimum absolute atomic E-state index is 0.328. The van der Waals surface area contributed by atoms with Crippen LogP contribution in [0.15, 0.2) is 18.2 Å². The highest BCUT2D eigenvalue weighted by Gasteiger charge is 2.11. The fraction of sp³-hybridized carbons (Fsp3) is 0.308. The van der Waals surface area contributed by atoms with Crippen molar-refractivity contribution in [2.45, 2.75) is 19.8 Å². The van der Waals surface area contributed by atoms with Gasteiger partial charge in [0.1, 0.15) is 11.6 Å². The Hall–Kier alpha value is -1.52. The van der Waals surface area contributed by atoms with Crippen molar-refractivity contribution in [1.82, 2.24) is 4.98 Å². The van der Waals surface area contributed by atoms with Crippen LogP contribution in [0.3, 0.4) is 0 Å². The number of halogens is 1. The number of anilines is 1. The maximum atomic E-state index is 6.08. The second-order valence-electron chi connectivity index (χ2n) is 4.40. The first-order chi connectivity index (χ1) is 8.56. The van der Waals surface area contributed by atoms with Crippen LogP contribution in [0.5, 0.6) is 5.75 Å². The summed E-state index contributed by atoms with van der Waals surface area (Å²) in [6, 6.07) is 5.72. The number of fused-ring (bicyclic) bond motifs is 1. The third kappa shape index (κ3) is 2.21. The van der Waals surface area contributed by atoms with Crippen molar-refractivity contribution in [3.05, 3.63) is 28.8 Å². The number of aromatic nitrogens is 1. The molecule has 3 N–H and O–H groups in total. The third-order valence-electron chi connectivity index (χ3n) is 2.88. The van der Waals surface area contributed by atoms with E-state index in [1.165, 1.54) is 0 Å². The number of rotatable bonds is 3. The third-order valence-corrected chi connectivity index (χ3v) is 3.17. The Labute approximate surface area is 111 Å². The van der Waals surface area contributed by atoms with Crippen molar-refractivity contribution in [1.29, 1.82) is 0 Å². The van der Waals surface area contributed by atoms with Crippen LogP contribution in [0, 0.1) is 0 Å². The summed E-state index contributed by atoms with van der Waals surface area (Å²) in [5.41, 5.74) is 4.49. The largest absolute Gasteiger partial charge is 0.495 e. The predicted molar refractivity (Wildman–Crippen MR) is 75.2 cm³/mol. The minimum Gasteiger partial charge on any atom is -0.495 e.